The lowest BCUT2D eigenvalue weighted by atomic mass is 9.83. The Morgan fingerprint density at radius 3 is 2.88 bits per heavy atom. The highest BCUT2D eigenvalue weighted by atomic mass is 32.1. The molecular formula is C18H20N2O5S. The van der Waals surface area contributed by atoms with Crippen LogP contribution in [-0.2, 0) is 14.3 Å². The van der Waals surface area contributed by atoms with Crippen LogP contribution >= 0.6 is 11.3 Å². The van der Waals surface area contributed by atoms with Crippen molar-refractivity contribution in [1.29, 1.82) is 0 Å². The van der Waals surface area contributed by atoms with Crippen LogP contribution in [-0.4, -0.2) is 53.6 Å². The second-order valence-corrected chi connectivity index (χ2v) is 7.29. The lowest BCUT2D eigenvalue weighted by molar-refractivity contribution is -0.162. The largest absolute Gasteiger partial charge is 0.457 e. The summed E-state index contributed by atoms with van der Waals surface area (Å²) in [5.41, 5.74) is 0.866. The molecule has 0 spiro atoms. The van der Waals surface area contributed by atoms with Gasteiger partial charge >= 0.3 is 5.97 Å². The van der Waals surface area contributed by atoms with Crippen molar-refractivity contribution in [2.24, 2.45) is 5.92 Å². The van der Waals surface area contributed by atoms with Crippen molar-refractivity contribution in [2.75, 3.05) is 13.7 Å². The maximum atomic E-state index is 12.5. The number of β-lactam (4-membered cyclic amide) rings is 1. The zero-order valence-corrected chi connectivity index (χ0v) is 15.3. The Balaban J connectivity index is 1.98. The molecule has 1 saturated heterocycles. The van der Waals surface area contributed by atoms with Gasteiger partial charge in [-0.05, 0) is 25.5 Å². The number of carbonyl (C=O) groups excluding carboxylic acids is 3. The second kappa shape index (κ2) is 7.05. The van der Waals surface area contributed by atoms with Crippen LogP contribution in [0.1, 0.15) is 27.9 Å². The number of hydrogen-bond donors (Lipinski definition) is 2. The number of aliphatic hydroxyl groups is 1. The summed E-state index contributed by atoms with van der Waals surface area (Å²) in [7, 11) is 1.55. The normalized spacial score (nSPS) is 22.6. The molecule has 0 aromatic carbocycles. The first kappa shape index (κ1) is 18.3. The first-order valence-corrected chi connectivity index (χ1v) is 9.07. The van der Waals surface area contributed by atoms with E-state index in [0.717, 1.165) is 4.88 Å². The smallest absolute Gasteiger partial charge is 0.355 e. The van der Waals surface area contributed by atoms with Gasteiger partial charge in [-0.25, -0.2) is 4.79 Å². The average molecular weight is 376 g/mol. The number of esters is 1. The van der Waals surface area contributed by atoms with Gasteiger partial charge < -0.3 is 20.1 Å². The van der Waals surface area contributed by atoms with Crippen LogP contribution in [0.25, 0.3) is 5.57 Å². The molecule has 1 aromatic heterocycles. The van der Waals surface area contributed by atoms with Crippen molar-refractivity contribution in [3.63, 3.8) is 0 Å². The minimum atomic E-state index is -0.793. The molecule has 0 saturated carbocycles. The van der Waals surface area contributed by atoms with E-state index >= 15 is 0 Å². The Labute approximate surface area is 154 Å². The molecule has 138 valence electrons. The Morgan fingerprint density at radius 2 is 2.27 bits per heavy atom. The molecule has 3 heterocycles. The summed E-state index contributed by atoms with van der Waals surface area (Å²) in [6, 6.07) is 3.18. The number of carbonyl (C=O) groups is 3. The number of fused-ring (bicyclic) bond motifs is 1. The van der Waals surface area contributed by atoms with Gasteiger partial charge in [-0.2, -0.15) is 0 Å². The number of nitrogens with zero attached hydrogens (tertiary/aromatic N) is 1. The maximum Gasteiger partial charge on any atom is 0.355 e. The number of thiophene rings is 1. The van der Waals surface area contributed by atoms with E-state index in [-0.39, 0.29) is 30.2 Å². The van der Waals surface area contributed by atoms with Crippen LogP contribution < -0.4 is 5.32 Å². The van der Waals surface area contributed by atoms with Gasteiger partial charge in [0.15, 0.2) is 0 Å². The molecule has 2 aliphatic heterocycles. The highest BCUT2D eigenvalue weighted by Gasteiger charge is 2.57. The van der Waals surface area contributed by atoms with Crippen molar-refractivity contribution in [2.45, 2.75) is 25.5 Å². The molecule has 3 rings (SSSR count). The zero-order valence-electron chi connectivity index (χ0n) is 14.5. The van der Waals surface area contributed by atoms with E-state index in [2.05, 4.69) is 11.9 Å². The second-order valence-electron chi connectivity index (χ2n) is 6.20. The third-order valence-electron chi connectivity index (χ3n) is 4.61. The Hall–Kier alpha value is -2.45. The Kier molecular flexibility index (Phi) is 4.97. The first-order valence-electron chi connectivity index (χ1n) is 8.25. The summed E-state index contributed by atoms with van der Waals surface area (Å²) >= 11 is 1.25. The third-order valence-corrected chi connectivity index (χ3v) is 5.75. The van der Waals surface area contributed by atoms with Crippen molar-refractivity contribution in [3.8, 4) is 0 Å². The third kappa shape index (κ3) is 2.85. The number of aliphatic hydroxyl groups excluding tert-OH is 1. The minimum Gasteiger partial charge on any atom is -0.457 e. The first-order chi connectivity index (χ1) is 12.4. The fraction of sp³-hybridized carbons (Fsp3) is 0.389. The van der Waals surface area contributed by atoms with Gasteiger partial charge in [0.2, 0.25) is 5.91 Å². The SMILES string of the molecule is C=CCOC(=O)C1=C(c2ccc(C(=O)NC)s2)C[C@@H]2[C@@H]([C@@H](C)O)C(=O)N12. The lowest BCUT2D eigenvalue weighted by Gasteiger charge is -2.44. The van der Waals surface area contributed by atoms with Crippen LogP contribution in [0.3, 0.4) is 0 Å². The van der Waals surface area contributed by atoms with E-state index in [9.17, 15) is 19.5 Å². The van der Waals surface area contributed by atoms with Crippen LogP contribution in [0.2, 0.25) is 0 Å². The van der Waals surface area contributed by atoms with Crippen molar-refractivity contribution in [1.82, 2.24) is 10.2 Å². The van der Waals surface area contributed by atoms with Crippen LogP contribution in [0.15, 0.2) is 30.5 Å². The van der Waals surface area contributed by atoms with Crippen molar-refractivity contribution < 1.29 is 24.2 Å². The molecule has 0 bridgehead atoms. The topological polar surface area (TPSA) is 95.9 Å². The average Bonchev–Trinajstić information content (AvgIpc) is 3.21. The Bertz CT molecular complexity index is 810. The van der Waals surface area contributed by atoms with E-state index in [1.54, 1.807) is 26.1 Å². The van der Waals surface area contributed by atoms with Crippen LogP contribution in [0.4, 0.5) is 0 Å². The van der Waals surface area contributed by atoms with E-state index in [1.165, 1.54) is 22.3 Å². The molecule has 0 radical (unpaired) electrons. The lowest BCUT2D eigenvalue weighted by Crippen LogP contribution is -2.61. The molecule has 1 aromatic rings. The molecule has 2 amide bonds. The number of ether oxygens (including phenoxy) is 1. The van der Waals surface area contributed by atoms with Gasteiger partial charge in [0.1, 0.15) is 12.3 Å². The molecule has 26 heavy (non-hydrogen) atoms. The fourth-order valence-electron chi connectivity index (χ4n) is 3.43. The number of rotatable bonds is 6. The van der Waals surface area contributed by atoms with Gasteiger partial charge in [-0.1, -0.05) is 12.7 Å². The number of amides is 2. The predicted octanol–water partition coefficient (Wildman–Crippen LogP) is 1.16. The molecule has 1 fully saturated rings. The predicted molar refractivity (Wildman–Crippen MR) is 96.2 cm³/mol. The zero-order chi connectivity index (χ0) is 19.0. The van der Waals surface area contributed by atoms with Crippen molar-refractivity contribution in [3.05, 3.63) is 40.2 Å². The van der Waals surface area contributed by atoms with Crippen molar-refractivity contribution >= 4 is 34.7 Å². The number of hydrogen-bond acceptors (Lipinski definition) is 6. The summed E-state index contributed by atoms with van der Waals surface area (Å²) in [4.78, 5) is 39.5. The van der Waals surface area contributed by atoms with Crippen LogP contribution in [0.5, 0.6) is 0 Å². The van der Waals surface area contributed by atoms with Gasteiger partial charge in [0.25, 0.3) is 5.91 Å². The van der Waals surface area contributed by atoms with Gasteiger partial charge in [-0.15, -0.1) is 11.3 Å². The summed E-state index contributed by atoms with van der Waals surface area (Å²) in [5, 5.41) is 12.4. The molecule has 7 nitrogen and oxygen atoms in total. The van der Waals surface area contributed by atoms with E-state index in [0.29, 0.717) is 16.9 Å². The monoisotopic (exact) mass is 376 g/mol. The quantitative estimate of drug-likeness (QED) is 0.441. The highest BCUT2D eigenvalue weighted by molar-refractivity contribution is 7.15. The van der Waals surface area contributed by atoms with E-state index in [1.807, 2.05) is 0 Å². The number of nitrogens with one attached hydrogen (secondary N) is 1. The molecule has 2 aliphatic rings. The molecule has 3 atom stereocenters. The standard InChI is InChI=1S/C18H20N2O5S/c1-4-7-25-18(24)15-10(12-5-6-13(26-12)16(22)19-3)8-11-14(9(2)21)17(23)20(11)15/h4-6,9,11,14,21H,1,7-8H2,2-3H3,(H,19,22)/t9-,11-,14-/m1/s1. The molecular weight excluding hydrogens is 356 g/mol. The summed E-state index contributed by atoms with van der Waals surface area (Å²) in [5.74, 6) is -1.63. The maximum absolute atomic E-state index is 12.5. The van der Waals surface area contributed by atoms with E-state index < -0.39 is 18.0 Å². The molecule has 8 heteroatoms. The highest BCUT2D eigenvalue weighted by Crippen LogP contribution is 2.48. The molecule has 2 N–H and O–H groups in total. The summed E-state index contributed by atoms with van der Waals surface area (Å²) in [6.07, 6.45) is 1.10. The fourth-order valence-corrected chi connectivity index (χ4v) is 4.43. The molecule has 0 aliphatic carbocycles. The summed E-state index contributed by atoms with van der Waals surface area (Å²) in [6.45, 7) is 5.13. The van der Waals surface area contributed by atoms with Gasteiger partial charge in [0, 0.05) is 17.5 Å². The summed E-state index contributed by atoms with van der Waals surface area (Å²) < 4.78 is 5.15. The van der Waals surface area contributed by atoms with Gasteiger partial charge in [0.05, 0.1) is 22.9 Å². The van der Waals surface area contributed by atoms with Crippen LogP contribution in [0, 0.1) is 5.92 Å². The molecule has 0 unspecified atom stereocenters. The minimum absolute atomic E-state index is 0.0378. The van der Waals surface area contributed by atoms with E-state index in [4.69, 9.17) is 4.74 Å². The van der Waals surface area contributed by atoms with Gasteiger partial charge in [-0.3, -0.25) is 9.59 Å². The Morgan fingerprint density at radius 1 is 1.54 bits per heavy atom.